The van der Waals surface area contributed by atoms with E-state index < -0.39 is 24.6 Å². The Bertz CT molecular complexity index is 835. The zero-order valence-electron chi connectivity index (χ0n) is 15.8. The second-order valence-electron chi connectivity index (χ2n) is 6.80. The van der Waals surface area contributed by atoms with E-state index in [1.165, 1.54) is 18.2 Å². The Morgan fingerprint density at radius 1 is 1.25 bits per heavy atom. The molecule has 0 amide bonds. The Labute approximate surface area is 185 Å². The Balaban J connectivity index is 0.00000280. The maximum atomic E-state index is 13.2. The number of carboxylic acids is 1. The monoisotopic (exact) mass is 396 g/mol. The molecule has 2 atom stereocenters. The van der Waals surface area contributed by atoms with Gasteiger partial charge in [0.15, 0.2) is 0 Å². The molecule has 1 aliphatic carbocycles. The third kappa shape index (κ3) is 5.75. The summed E-state index contributed by atoms with van der Waals surface area (Å²) in [5, 5.41) is 34.9. The average molecular weight is 396 g/mol. The largest absolute Gasteiger partial charge is 1.00 e. The van der Waals surface area contributed by atoms with Crippen LogP contribution in [0.5, 0.6) is 0 Å². The van der Waals surface area contributed by atoms with Gasteiger partial charge in [-0.15, -0.1) is 0 Å². The maximum Gasteiger partial charge on any atom is 1.00 e. The fourth-order valence-corrected chi connectivity index (χ4v) is 3.36. The minimum Gasteiger partial charge on any atom is -0.550 e. The van der Waals surface area contributed by atoms with Gasteiger partial charge in [-0.3, -0.25) is 0 Å². The Kier molecular flexibility index (Phi) is 8.39. The van der Waals surface area contributed by atoms with Gasteiger partial charge >= 0.3 is 29.6 Å². The van der Waals surface area contributed by atoms with Crippen molar-refractivity contribution in [3.63, 3.8) is 0 Å². The SMILES string of the molecule is O=C([O-])C[C@@H](O)C[C@@H](O)/C=C/c1c2c(nn1-c1ccc(F)cc1)CCCC2.[Na+]. The number of aryl methyl sites for hydroxylation is 1. The van der Waals surface area contributed by atoms with Gasteiger partial charge in [0.25, 0.3) is 0 Å². The number of halogens is 1. The van der Waals surface area contributed by atoms with Crippen LogP contribution < -0.4 is 34.7 Å². The van der Waals surface area contributed by atoms with E-state index in [9.17, 15) is 24.5 Å². The van der Waals surface area contributed by atoms with Gasteiger partial charge in [0.2, 0.25) is 0 Å². The van der Waals surface area contributed by atoms with Gasteiger partial charge in [-0.05, 0) is 56.0 Å². The molecule has 3 rings (SSSR count). The molecule has 2 N–H and O–H groups in total. The van der Waals surface area contributed by atoms with Crippen molar-refractivity contribution in [2.45, 2.75) is 50.7 Å². The first kappa shape index (κ1) is 22.8. The Morgan fingerprint density at radius 2 is 1.93 bits per heavy atom. The van der Waals surface area contributed by atoms with Crippen molar-refractivity contribution in [2.24, 2.45) is 0 Å². The summed E-state index contributed by atoms with van der Waals surface area (Å²) in [6, 6.07) is 6.03. The van der Waals surface area contributed by atoms with E-state index in [4.69, 9.17) is 0 Å². The fourth-order valence-electron chi connectivity index (χ4n) is 3.36. The van der Waals surface area contributed by atoms with E-state index in [1.54, 1.807) is 22.9 Å². The van der Waals surface area contributed by atoms with Crippen LogP contribution >= 0.6 is 0 Å². The second kappa shape index (κ2) is 10.3. The smallest absolute Gasteiger partial charge is 0.550 e. The number of benzene rings is 1. The van der Waals surface area contributed by atoms with Crippen LogP contribution in [0, 0.1) is 5.82 Å². The Hall–Kier alpha value is -1.51. The van der Waals surface area contributed by atoms with Crippen molar-refractivity contribution in [1.29, 1.82) is 0 Å². The minimum atomic E-state index is -1.36. The summed E-state index contributed by atoms with van der Waals surface area (Å²) in [6.07, 6.45) is 4.31. The summed E-state index contributed by atoms with van der Waals surface area (Å²) in [4.78, 5) is 10.5. The van der Waals surface area contributed by atoms with Gasteiger partial charge in [0.05, 0.1) is 29.3 Å². The van der Waals surface area contributed by atoms with Crippen molar-refractivity contribution in [2.75, 3.05) is 0 Å². The van der Waals surface area contributed by atoms with Crippen LogP contribution in [0.3, 0.4) is 0 Å². The minimum absolute atomic E-state index is 0. The predicted octanol–water partition coefficient (Wildman–Crippen LogP) is -1.84. The summed E-state index contributed by atoms with van der Waals surface area (Å²) < 4.78 is 15.0. The number of rotatable bonds is 7. The number of hydrogen-bond acceptors (Lipinski definition) is 5. The van der Waals surface area contributed by atoms with Gasteiger partial charge in [-0.1, -0.05) is 6.08 Å². The molecular weight excluding hydrogens is 374 g/mol. The van der Waals surface area contributed by atoms with Gasteiger partial charge in [0.1, 0.15) is 5.82 Å². The predicted molar refractivity (Wildman–Crippen MR) is 95.5 cm³/mol. The number of carbonyl (C=O) groups excluding carboxylic acids is 1. The fraction of sp³-hybridized carbons (Fsp3) is 0.400. The maximum absolute atomic E-state index is 13.2. The number of aliphatic hydroxyl groups excluding tert-OH is 2. The molecule has 0 fully saturated rings. The number of nitrogens with zero attached hydrogens (tertiary/aromatic N) is 2. The van der Waals surface area contributed by atoms with Crippen LogP contribution in [0.1, 0.15) is 42.6 Å². The molecule has 0 saturated carbocycles. The number of aliphatic hydroxyl groups is 2. The molecule has 0 spiro atoms. The summed E-state index contributed by atoms with van der Waals surface area (Å²) in [5.41, 5.74) is 3.63. The third-order valence-corrected chi connectivity index (χ3v) is 4.66. The van der Waals surface area contributed by atoms with Gasteiger partial charge < -0.3 is 20.1 Å². The molecular formula is C20H22FN2NaO4. The van der Waals surface area contributed by atoms with E-state index in [1.807, 2.05) is 0 Å². The van der Waals surface area contributed by atoms with Crippen LogP contribution in [0.15, 0.2) is 30.3 Å². The van der Waals surface area contributed by atoms with Crippen molar-refractivity contribution < 1.29 is 54.1 Å². The zero-order valence-corrected chi connectivity index (χ0v) is 17.8. The molecule has 1 aliphatic rings. The molecule has 28 heavy (non-hydrogen) atoms. The quantitative estimate of drug-likeness (QED) is 0.536. The number of carbonyl (C=O) groups is 1. The van der Waals surface area contributed by atoms with Crippen molar-refractivity contribution in [3.05, 3.63) is 53.1 Å². The molecule has 0 aliphatic heterocycles. The second-order valence-corrected chi connectivity index (χ2v) is 6.80. The van der Waals surface area contributed by atoms with Crippen LogP contribution in [-0.2, 0) is 17.6 Å². The number of aromatic nitrogens is 2. The summed E-state index contributed by atoms with van der Waals surface area (Å²) >= 11 is 0. The standard InChI is InChI=1S/C20H23FN2O4.Na/c21-13-5-7-14(8-6-13)23-19(17-3-1-2-4-18(17)22-23)10-9-15(24)11-16(25)12-20(26)27;/h5-10,15-16,24-25H,1-4,11-12H2,(H,26,27);/q;+1/p-1/b10-9+;/t15-,16-;/m0./s1. The topological polar surface area (TPSA) is 98.4 Å². The molecule has 0 bridgehead atoms. The number of hydrogen-bond donors (Lipinski definition) is 2. The zero-order chi connectivity index (χ0) is 19.4. The summed E-state index contributed by atoms with van der Waals surface area (Å²) in [7, 11) is 0. The molecule has 8 heteroatoms. The molecule has 6 nitrogen and oxygen atoms in total. The van der Waals surface area contributed by atoms with Crippen LogP contribution in [-0.4, -0.2) is 38.2 Å². The molecule has 1 aromatic heterocycles. The summed E-state index contributed by atoms with van der Waals surface area (Å²) in [6.45, 7) is 0. The van der Waals surface area contributed by atoms with Crippen LogP contribution in [0.25, 0.3) is 11.8 Å². The van der Waals surface area contributed by atoms with E-state index in [0.717, 1.165) is 48.3 Å². The van der Waals surface area contributed by atoms with E-state index >= 15 is 0 Å². The number of fused-ring (bicyclic) bond motifs is 1. The number of aliphatic carboxylic acids is 1. The van der Waals surface area contributed by atoms with E-state index in [2.05, 4.69) is 5.10 Å². The number of carboxylic acid groups (broad SMARTS) is 1. The van der Waals surface area contributed by atoms with Crippen LogP contribution in [0.4, 0.5) is 4.39 Å². The molecule has 2 aromatic rings. The van der Waals surface area contributed by atoms with E-state index in [-0.39, 0.29) is 41.8 Å². The Morgan fingerprint density at radius 3 is 2.61 bits per heavy atom. The third-order valence-electron chi connectivity index (χ3n) is 4.66. The van der Waals surface area contributed by atoms with Crippen molar-refractivity contribution in [1.82, 2.24) is 9.78 Å². The first-order chi connectivity index (χ1) is 12.9. The van der Waals surface area contributed by atoms with Gasteiger partial charge in [0, 0.05) is 24.4 Å². The molecule has 0 unspecified atom stereocenters. The van der Waals surface area contributed by atoms with E-state index in [0.29, 0.717) is 0 Å². The first-order valence-corrected chi connectivity index (χ1v) is 9.05. The average Bonchev–Trinajstić information content (AvgIpc) is 2.98. The van der Waals surface area contributed by atoms with Crippen molar-refractivity contribution in [3.8, 4) is 5.69 Å². The first-order valence-electron chi connectivity index (χ1n) is 9.05. The summed E-state index contributed by atoms with van der Waals surface area (Å²) in [5.74, 6) is -1.69. The van der Waals surface area contributed by atoms with Crippen molar-refractivity contribution >= 4 is 12.0 Å². The molecule has 144 valence electrons. The molecule has 1 aromatic carbocycles. The normalized spacial score (nSPS) is 15.7. The van der Waals surface area contributed by atoms with Crippen LogP contribution in [0.2, 0.25) is 0 Å². The molecule has 1 heterocycles. The van der Waals surface area contributed by atoms with Gasteiger partial charge in [-0.2, -0.15) is 5.10 Å². The molecule has 0 radical (unpaired) electrons. The van der Waals surface area contributed by atoms with Gasteiger partial charge in [-0.25, -0.2) is 9.07 Å². The molecule has 0 saturated heterocycles.